The summed E-state index contributed by atoms with van der Waals surface area (Å²) in [6.45, 7) is 8.08. The van der Waals surface area contributed by atoms with Crippen LogP contribution in [-0.4, -0.2) is 22.2 Å². The molecule has 7 heteroatoms. The molecule has 0 radical (unpaired) electrons. The lowest BCUT2D eigenvalue weighted by Gasteiger charge is -2.44. The number of hydrogen-bond donors (Lipinski definition) is 0. The molecule has 30 heavy (non-hydrogen) atoms. The lowest BCUT2D eigenvalue weighted by molar-refractivity contribution is -0.398. The van der Waals surface area contributed by atoms with Crippen molar-refractivity contribution in [2.24, 2.45) is 21.7 Å². The number of fused-ring (bicyclic) bond motifs is 1. The quantitative estimate of drug-likeness (QED) is 0.544. The second-order valence-corrected chi connectivity index (χ2v) is 10.3. The molecular formula is C23H25N2O5-. The minimum Gasteiger partial charge on any atom is -0.868 e. The smallest absolute Gasteiger partial charge is 0.262 e. The van der Waals surface area contributed by atoms with Crippen LogP contribution in [0, 0.1) is 26.9 Å². The molecule has 2 atom stereocenters. The van der Waals surface area contributed by atoms with Gasteiger partial charge in [-0.25, -0.2) is 0 Å². The van der Waals surface area contributed by atoms with Gasteiger partial charge in [-0.15, -0.1) is 0 Å². The van der Waals surface area contributed by atoms with E-state index in [1.165, 1.54) is 12.1 Å². The lowest BCUT2D eigenvalue weighted by Crippen LogP contribution is -2.45. The van der Waals surface area contributed by atoms with Crippen LogP contribution in [0.5, 0.6) is 5.75 Å². The van der Waals surface area contributed by atoms with Gasteiger partial charge in [0, 0.05) is 41.8 Å². The molecule has 4 rings (SSSR count). The number of carbonyl (C=O) groups excluding carboxylic acids is 2. The van der Waals surface area contributed by atoms with Gasteiger partial charge in [-0.3, -0.25) is 24.7 Å². The first-order valence-corrected chi connectivity index (χ1v) is 10.2. The van der Waals surface area contributed by atoms with Gasteiger partial charge < -0.3 is 5.11 Å². The van der Waals surface area contributed by atoms with Crippen LogP contribution in [0.25, 0.3) is 0 Å². The summed E-state index contributed by atoms with van der Waals surface area (Å²) >= 11 is 0. The van der Waals surface area contributed by atoms with Crippen molar-refractivity contribution in [3.8, 4) is 5.75 Å². The summed E-state index contributed by atoms with van der Waals surface area (Å²) in [4.78, 5) is 41.9. The van der Waals surface area contributed by atoms with Gasteiger partial charge >= 0.3 is 0 Å². The SMILES string of the molecule is CC1(C)CC(=O)C2C(=NC3=C(C(=O)CC(C)(C)C3)[C@H]2c2ccc([O-])c([N+](=O)[O-])c2)C1. The van der Waals surface area contributed by atoms with Gasteiger partial charge in [0.2, 0.25) is 0 Å². The van der Waals surface area contributed by atoms with Gasteiger partial charge in [-0.1, -0.05) is 39.8 Å². The maximum absolute atomic E-state index is 13.2. The van der Waals surface area contributed by atoms with Crippen molar-refractivity contribution < 1.29 is 19.6 Å². The van der Waals surface area contributed by atoms with Gasteiger partial charge in [0.25, 0.3) is 5.69 Å². The summed E-state index contributed by atoms with van der Waals surface area (Å²) < 4.78 is 0. The van der Waals surface area contributed by atoms with Crippen LogP contribution in [0.2, 0.25) is 0 Å². The van der Waals surface area contributed by atoms with Gasteiger partial charge in [0.1, 0.15) is 5.78 Å². The largest absolute Gasteiger partial charge is 0.868 e. The average molecular weight is 409 g/mol. The predicted molar refractivity (Wildman–Crippen MR) is 109 cm³/mol. The van der Waals surface area contributed by atoms with Crippen molar-refractivity contribution in [1.29, 1.82) is 0 Å². The monoisotopic (exact) mass is 409 g/mol. The normalized spacial score (nSPS) is 27.3. The van der Waals surface area contributed by atoms with E-state index < -0.39 is 28.2 Å². The fraction of sp³-hybridized carbons (Fsp3) is 0.522. The van der Waals surface area contributed by atoms with Crippen molar-refractivity contribution in [1.82, 2.24) is 0 Å². The molecule has 1 aliphatic heterocycles. The average Bonchev–Trinajstić information content (AvgIpc) is 2.57. The third-order valence-electron chi connectivity index (χ3n) is 6.38. The molecule has 1 aromatic rings. The molecule has 0 N–H and O–H groups in total. The van der Waals surface area contributed by atoms with Gasteiger partial charge in [-0.05, 0) is 35.0 Å². The van der Waals surface area contributed by atoms with Crippen LogP contribution < -0.4 is 5.11 Å². The molecule has 0 aromatic heterocycles. The summed E-state index contributed by atoms with van der Waals surface area (Å²) in [5, 5.41) is 23.3. The van der Waals surface area contributed by atoms with Crippen molar-refractivity contribution in [3.63, 3.8) is 0 Å². The molecule has 1 aromatic carbocycles. The molecule has 1 heterocycles. The van der Waals surface area contributed by atoms with E-state index in [9.17, 15) is 24.8 Å². The molecule has 1 fully saturated rings. The maximum Gasteiger partial charge on any atom is 0.262 e. The van der Waals surface area contributed by atoms with E-state index >= 15 is 0 Å². The molecule has 0 bridgehead atoms. The van der Waals surface area contributed by atoms with Gasteiger partial charge in [0.15, 0.2) is 5.78 Å². The highest BCUT2D eigenvalue weighted by Gasteiger charge is 2.50. The first-order chi connectivity index (χ1) is 13.9. The van der Waals surface area contributed by atoms with Crippen LogP contribution in [0.4, 0.5) is 5.69 Å². The summed E-state index contributed by atoms with van der Waals surface area (Å²) in [6.07, 6.45) is 1.93. The van der Waals surface area contributed by atoms with E-state index in [2.05, 4.69) is 0 Å². The van der Waals surface area contributed by atoms with E-state index in [1.54, 1.807) is 0 Å². The maximum atomic E-state index is 13.2. The van der Waals surface area contributed by atoms with E-state index in [1.807, 2.05) is 27.7 Å². The lowest BCUT2D eigenvalue weighted by atomic mass is 9.60. The van der Waals surface area contributed by atoms with Crippen molar-refractivity contribution in [3.05, 3.63) is 45.1 Å². The standard InChI is InChI=1S/C23H26N2O5/c1-22(2)8-13-20(17(27)10-22)19(12-5-6-16(26)15(7-12)25(29)30)21-14(24-13)9-23(3,4)11-18(21)28/h5-7,19-20,26H,8-11H2,1-4H3/p-1/t19-,20?/m0/s1. The molecular weight excluding hydrogens is 384 g/mol. The Morgan fingerprint density at radius 1 is 1.00 bits per heavy atom. The van der Waals surface area contributed by atoms with Crippen LogP contribution in [0.1, 0.15) is 64.9 Å². The van der Waals surface area contributed by atoms with Crippen LogP contribution in [0.3, 0.4) is 0 Å². The fourth-order valence-corrected chi connectivity index (χ4v) is 5.24. The number of rotatable bonds is 2. The number of nitro benzene ring substituents is 1. The second-order valence-electron chi connectivity index (χ2n) is 10.3. The van der Waals surface area contributed by atoms with Crippen molar-refractivity contribution >= 4 is 23.0 Å². The molecule has 1 unspecified atom stereocenters. The molecule has 0 spiro atoms. The number of allylic oxidation sites excluding steroid dienone is 2. The number of carbonyl (C=O) groups is 2. The third-order valence-corrected chi connectivity index (χ3v) is 6.38. The van der Waals surface area contributed by atoms with E-state index in [0.29, 0.717) is 42.5 Å². The Morgan fingerprint density at radius 3 is 2.33 bits per heavy atom. The minimum absolute atomic E-state index is 0.00645. The molecule has 7 nitrogen and oxygen atoms in total. The number of ketones is 2. The predicted octanol–water partition coefficient (Wildman–Crippen LogP) is 3.86. The Kier molecular flexibility index (Phi) is 4.49. The zero-order chi connectivity index (χ0) is 22.0. The zero-order valence-corrected chi connectivity index (χ0v) is 17.7. The highest BCUT2D eigenvalue weighted by molar-refractivity contribution is 6.13. The fourth-order valence-electron chi connectivity index (χ4n) is 5.24. The molecule has 2 aliphatic carbocycles. The first-order valence-electron chi connectivity index (χ1n) is 10.2. The number of aliphatic imine (C=N–C) groups is 1. The molecule has 0 saturated heterocycles. The first kappa shape index (κ1) is 20.4. The summed E-state index contributed by atoms with van der Waals surface area (Å²) in [6, 6.07) is 3.92. The molecule has 3 aliphatic rings. The number of hydrogen-bond acceptors (Lipinski definition) is 6. The number of benzene rings is 1. The van der Waals surface area contributed by atoms with E-state index in [4.69, 9.17) is 4.99 Å². The highest BCUT2D eigenvalue weighted by atomic mass is 16.6. The van der Waals surface area contributed by atoms with Crippen LogP contribution in [-0.2, 0) is 9.59 Å². The molecule has 0 amide bonds. The van der Waals surface area contributed by atoms with Gasteiger partial charge in [0.05, 0.1) is 10.8 Å². The summed E-state index contributed by atoms with van der Waals surface area (Å²) in [7, 11) is 0. The molecule has 158 valence electrons. The zero-order valence-electron chi connectivity index (χ0n) is 17.7. The van der Waals surface area contributed by atoms with E-state index in [-0.39, 0.29) is 22.4 Å². The third kappa shape index (κ3) is 3.36. The number of nitrogens with zero attached hydrogens (tertiary/aromatic N) is 2. The van der Waals surface area contributed by atoms with Crippen LogP contribution >= 0.6 is 0 Å². The summed E-state index contributed by atoms with van der Waals surface area (Å²) in [5.74, 6) is -2.00. The number of nitro groups is 1. The van der Waals surface area contributed by atoms with Crippen LogP contribution in [0.15, 0.2) is 34.5 Å². The Hall–Kier alpha value is -2.83. The Bertz CT molecular complexity index is 1050. The number of Topliss-reactive ketones (excluding diaryl/α,β-unsaturated/α-hetero) is 2. The second kappa shape index (κ2) is 6.59. The minimum atomic E-state index is -0.712. The Labute approximate surface area is 175 Å². The van der Waals surface area contributed by atoms with Crippen molar-refractivity contribution in [2.45, 2.75) is 59.3 Å². The Balaban J connectivity index is 1.93. The topological polar surface area (TPSA) is 113 Å². The molecule has 1 saturated carbocycles. The van der Waals surface area contributed by atoms with E-state index in [0.717, 1.165) is 11.8 Å². The van der Waals surface area contributed by atoms with Gasteiger partial charge in [-0.2, -0.15) is 0 Å². The Morgan fingerprint density at radius 2 is 1.67 bits per heavy atom. The van der Waals surface area contributed by atoms with Crippen molar-refractivity contribution in [2.75, 3.05) is 0 Å². The summed E-state index contributed by atoms with van der Waals surface area (Å²) in [5.41, 5.74) is 1.39. The highest BCUT2D eigenvalue weighted by Crippen LogP contribution is 2.52.